The molecule has 2 rings (SSSR count). The smallest absolute Gasteiger partial charge is 0.417 e. The summed E-state index contributed by atoms with van der Waals surface area (Å²) < 4.78 is 44.0. The third kappa shape index (κ3) is 5.87. The Hall–Kier alpha value is -1.47. The number of carbonyl (C=O) groups is 1. The van der Waals surface area contributed by atoms with Gasteiger partial charge in [-0.1, -0.05) is 6.42 Å². The second-order valence-electron chi connectivity index (χ2n) is 5.61. The van der Waals surface area contributed by atoms with Crippen LogP contribution in [0.2, 0.25) is 0 Å². The number of alkyl halides is 3. The van der Waals surface area contributed by atoms with Gasteiger partial charge in [0.25, 0.3) is 0 Å². The number of carboxylic acid groups (broad SMARTS) is 1. The number of rotatable bonds is 6. The summed E-state index contributed by atoms with van der Waals surface area (Å²) in [5.41, 5.74) is -1.95. The van der Waals surface area contributed by atoms with Gasteiger partial charge in [0.1, 0.15) is 5.75 Å². The van der Waals surface area contributed by atoms with Crippen LogP contribution in [0.25, 0.3) is 0 Å². The average molecular weight is 368 g/mol. The standard InChI is InChI=1S/C16H20F3NO3.ClH/c17-16(18,19)14-11-12(5-6-13(14)15(21)22)23-10-4-9-20-7-2-1-3-8-20;/h5-6,11H,1-4,7-10H2,(H,21,22);1H. The minimum Gasteiger partial charge on any atom is -0.494 e. The molecule has 4 nitrogen and oxygen atoms in total. The van der Waals surface area contributed by atoms with Crippen molar-refractivity contribution in [3.63, 3.8) is 0 Å². The summed E-state index contributed by atoms with van der Waals surface area (Å²) in [6, 6.07) is 2.95. The summed E-state index contributed by atoms with van der Waals surface area (Å²) in [4.78, 5) is 13.2. The molecular formula is C16H21ClF3NO3. The number of nitrogens with zero attached hydrogens (tertiary/aromatic N) is 1. The Kier molecular flexibility index (Phi) is 7.83. The number of carboxylic acids is 1. The number of benzene rings is 1. The van der Waals surface area contributed by atoms with E-state index in [0.29, 0.717) is 6.61 Å². The summed E-state index contributed by atoms with van der Waals surface area (Å²) in [7, 11) is 0. The van der Waals surface area contributed by atoms with E-state index in [4.69, 9.17) is 9.84 Å². The van der Waals surface area contributed by atoms with Gasteiger partial charge in [0.2, 0.25) is 0 Å². The van der Waals surface area contributed by atoms with E-state index in [-0.39, 0.29) is 18.2 Å². The molecule has 136 valence electrons. The van der Waals surface area contributed by atoms with Crippen LogP contribution >= 0.6 is 12.4 Å². The zero-order valence-electron chi connectivity index (χ0n) is 13.1. The molecule has 8 heteroatoms. The van der Waals surface area contributed by atoms with Crippen LogP contribution in [0.15, 0.2) is 18.2 Å². The van der Waals surface area contributed by atoms with Gasteiger partial charge in [-0.15, -0.1) is 12.4 Å². The fraction of sp³-hybridized carbons (Fsp3) is 0.562. The minimum absolute atomic E-state index is 0. The van der Waals surface area contributed by atoms with E-state index in [1.54, 1.807) is 0 Å². The molecule has 24 heavy (non-hydrogen) atoms. The van der Waals surface area contributed by atoms with Gasteiger partial charge in [-0.3, -0.25) is 0 Å². The maximum absolute atomic E-state index is 12.9. The predicted molar refractivity (Wildman–Crippen MR) is 86.1 cm³/mol. The van der Waals surface area contributed by atoms with Gasteiger partial charge in [0.05, 0.1) is 17.7 Å². The summed E-state index contributed by atoms with van der Waals surface area (Å²) in [5, 5.41) is 8.83. The lowest BCUT2D eigenvalue weighted by atomic mass is 10.1. The fourth-order valence-electron chi connectivity index (χ4n) is 2.70. The van der Waals surface area contributed by atoms with Crippen molar-refractivity contribution in [1.29, 1.82) is 0 Å². The van der Waals surface area contributed by atoms with Gasteiger partial charge in [0.15, 0.2) is 0 Å². The third-order valence-corrected chi connectivity index (χ3v) is 3.86. The number of hydrogen-bond donors (Lipinski definition) is 1. The van der Waals surface area contributed by atoms with Crippen molar-refractivity contribution in [3.8, 4) is 5.75 Å². The molecule has 1 aliphatic rings. The first-order chi connectivity index (χ1) is 10.9. The molecule has 1 aromatic rings. The van der Waals surface area contributed by atoms with Gasteiger partial charge in [0, 0.05) is 6.54 Å². The molecule has 0 amide bonds. The molecule has 1 heterocycles. The second-order valence-corrected chi connectivity index (χ2v) is 5.61. The first-order valence-corrected chi connectivity index (χ1v) is 7.67. The van der Waals surface area contributed by atoms with Crippen LogP contribution in [0.4, 0.5) is 13.2 Å². The Morgan fingerprint density at radius 2 is 1.88 bits per heavy atom. The first-order valence-electron chi connectivity index (χ1n) is 7.67. The lowest BCUT2D eigenvalue weighted by Gasteiger charge is -2.26. The summed E-state index contributed by atoms with van der Waals surface area (Å²) in [6.07, 6.45) is -0.370. The van der Waals surface area contributed by atoms with Crippen molar-refractivity contribution >= 4 is 18.4 Å². The number of likely N-dealkylation sites (tertiary alicyclic amines) is 1. The monoisotopic (exact) mass is 367 g/mol. The molecule has 0 unspecified atom stereocenters. The van der Waals surface area contributed by atoms with E-state index in [1.165, 1.54) is 25.3 Å². The zero-order chi connectivity index (χ0) is 16.9. The number of piperidine rings is 1. The van der Waals surface area contributed by atoms with Gasteiger partial charge >= 0.3 is 12.1 Å². The van der Waals surface area contributed by atoms with Crippen LogP contribution in [-0.2, 0) is 6.18 Å². The molecule has 0 saturated carbocycles. The van der Waals surface area contributed by atoms with Crippen molar-refractivity contribution in [2.45, 2.75) is 31.9 Å². The highest BCUT2D eigenvalue weighted by Crippen LogP contribution is 2.34. The van der Waals surface area contributed by atoms with E-state index < -0.39 is 23.3 Å². The van der Waals surface area contributed by atoms with Crippen LogP contribution in [0.3, 0.4) is 0 Å². The van der Waals surface area contributed by atoms with Gasteiger partial charge in [-0.05, 0) is 50.6 Å². The third-order valence-electron chi connectivity index (χ3n) is 3.86. The topological polar surface area (TPSA) is 49.8 Å². The molecule has 0 atom stereocenters. The Morgan fingerprint density at radius 1 is 1.21 bits per heavy atom. The van der Waals surface area contributed by atoms with E-state index >= 15 is 0 Å². The molecule has 0 spiro atoms. The predicted octanol–water partition coefficient (Wildman–Crippen LogP) is 4.08. The molecule has 0 bridgehead atoms. The Labute approximate surface area is 145 Å². The molecule has 1 saturated heterocycles. The maximum Gasteiger partial charge on any atom is 0.417 e. The van der Waals surface area contributed by atoms with Gasteiger partial charge in [-0.2, -0.15) is 13.2 Å². The number of halogens is 4. The number of ether oxygens (including phenoxy) is 1. The Morgan fingerprint density at radius 3 is 2.46 bits per heavy atom. The summed E-state index contributed by atoms with van der Waals surface area (Å²) >= 11 is 0. The van der Waals surface area contributed by atoms with Crippen molar-refractivity contribution in [2.24, 2.45) is 0 Å². The molecule has 0 radical (unpaired) electrons. The van der Waals surface area contributed by atoms with Crippen LogP contribution in [0, 0.1) is 0 Å². The largest absolute Gasteiger partial charge is 0.494 e. The molecular weight excluding hydrogens is 347 g/mol. The van der Waals surface area contributed by atoms with Crippen LogP contribution in [0.5, 0.6) is 5.75 Å². The van der Waals surface area contributed by atoms with Crippen molar-refractivity contribution in [1.82, 2.24) is 4.90 Å². The fourth-order valence-corrected chi connectivity index (χ4v) is 2.70. The lowest BCUT2D eigenvalue weighted by Crippen LogP contribution is -2.31. The number of hydrogen-bond acceptors (Lipinski definition) is 3. The number of aromatic carboxylic acids is 1. The molecule has 1 N–H and O–H groups in total. The van der Waals surface area contributed by atoms with Crippen LogP contribution < -0.4 is 4.74 Å². The molecule has 0 aliphatic carbocycles. The van der Waals surface area contributed by atoms with E-state index in [0.717, 1.165) is 38.2 Å². The molecule has 0 aromatic heterocycles. The van der Waals surface area contributed by atoms with Crippen molar-refractivity contribution in [2.75, 3.05) is 26.2 Å². The van der Waals surface area contributed by atoms with Gasteiger partial charge < -0.3 is 14.7 Å². The lowest BCUT2D eigenvalue weighted by molar-refractivity contribution is -0.138. The molecule has 1 fully saturated rings. The summed E-state index contributed by atoms with van der Waals surface area (Å²) in [5.74, 6) is -1.56. The van der Waals surface area contributed by atoms with Crippen LogP contribution in [0.1, 0.15) is 41.6 Å². The maximum atomic E-state index is 12.9. The van der Waals surface area contributed by atoms with E-state index in [9.17, 15) is 18.0 Å². The highest BCUT2D eigenvalue weighted by atomic mass is 35.5. The van der Waals surface area contributed by atoms with Crippen molar-refractivity contribution < 1.29 is 27.8 Å². The minimum atomic E-state index is -4.72. The highest BCUT2D eigenvalue weighted by molar-refractivity contribution is 5.89. The first kappa shape index (κ1) is 20.6. The van der Waals surface area contributed by atoms with Crippen LogP contribution in [-0.4, -0.2) is 42.2 Å². The normalized spacial score (nSPS) is 15.6. The van der Waals surface area contributed by atoms with E-state index in [2.05, 4.69) is 4.90 Å². The Balaban J connectivity index is 0.00000288. The van der Waals surface area contributed by atoms with Crippen molar-refractivity contribution in [3.05, 3.63) is 29.3 Å². The van der Waals surface area contributed by atoms with Gasteiger partial charge in [-0.25, -0.2) is 4.79 Å². The average Bonchev–Trinajstić information content (AvgIpc) is 2.51. The zero-order valence-corrected chi connectivity index (χ0v) is 14.0. The Bertz CT molecular complexity index is 546. The SMILES string of the molecule is Cl.O=C(O)c1ccc(OCCCN2CCCCC2)cc1C(F)(F)F. The molecule has 1 aromatic carbocycles. The van der Waals surface area contributed by atoms with E-state index in [1.807, 2.05) is 0 Å². The second kappa shape index (κ2) is 9.13. The summed E-state index contributed by atoms with van der Waals surface area (Å²) in [6.45, 7) is 3.29. The quantitative estimate of drug-likeness (QED) is 0.770. The highest BCUT2D eigenvalue weighted by Gasteiger charge is 2.35. The molecule has 1 aliphatic heterocycles.